The van der Waals surface area contributed by atoms with Gasteiger partial charge in [-0.3, -0.25) is 4.79 Å². The number of carbonyl (C=O) groups is 1. The molecule has 0 spiro atoms. The molecule has 0 unspecified atom stereocenters. The second kappa shape index (κ2) is 5.89. The van der Waals surface area contributed by atoms with Crippen molar-refractivity contribution in [1.29, 1.82) is 0 Å². The van der Waals surface area contributed by atoms with Gasteiger partial charge >= 0.3 is 0 Å². The number of amides is 1. The predicted octanol–water partition coefficient (Wildman–Crippen LogP) is 1.17. The Bertz CT molecular complexity index is 403. The quantitative estimate of drug-likeness (QED) is 0.793. The third kappa shape index (κ3) is 3.11. The van der Waals surface area contributed by atoms with Crippen molar-refractivity contribution in [3.8, 4) is 5.75 Å². The lowest BCUT2D eigenvalue weighted by molar-refractivity contribution is 0.0733. The lowest BCUT2D eigenvalue weighted by Crippen LogP contribution is -2.46. The molecule has 94 valence electrons. The smallest absolute Gasteiger partial charge is 0.257 e. The number of phenols is 1. The number of piperazine rings is 1. The topological polar surface area (TPSA) is 52.6 Å². The van der Waals surface area contributed by atoms with Gasteiger partial charge in [-0.05, 0) is 24.6 Å². The number of rotatable bonds is 1. The van der Waals surface area contributed by atoms with Crippen LogP contribution in [0.25, 0.3) is 0 Å². The Hall–Kier alpha value is -1.26. The molecule has 1 aliphatic rings. The number of hydrogen-bond acceptors (Lipinski definition) is 3. The predicted molar refractivity (Wildman–Crippen MR) is 68.9 cm³/mol. The van der Waals surface area contributed by atoms with Gasteiger partial charge in [0, 0.05) is 26.2 Å². The van der Waals surface area contributed by atoms with Gasteiger partial charge in [0.15, 0.2) is 0 Å². The molecule has 1 heterocycles. The van der Waals surface area contributed by atoms with Gasteiger partial charge in [0.05, 0.1) is 5.56 Å². The molecule has 0 saturated carbocycles. The standard InChI is InChI=1S/C12H16N2O2.ClH/c1-9-2-3-10(11(15)8-9)12(16)14-6-4-13-5-7-14;/h2-3,8,13,15H,4-7H2,1H3;1H. The fourth-order valence-electron chi connectivity index (χ4n) is 1.86. The Morgan fingerprint density at radius 2 is 2.00 bits per heavy atom. The van der Waals surface area contributed by atoms with Crippen molar-refractivity contribution in [2.45, 2.75) is 6.92 Å². The van der Waals surface area contributed by atoms with Crippen LogP contribution in [0.2, 0.25) is 0 Å². The van der Waals surface area contributed by atoms with Gasteiger partial charge in [-0.1, -0.05) is 6.07 Å². The Morgan fingerprint density at radius 3 is 2.59 bits per heavy atom. The van der Waals surface area contributed by atoms with E-state index in [9.17, 15) is 9.90 Å². The maximum absolute atomic E-state index is 12.1. The van der Waals surface area contributed by atoms with Gasteiger partial charge < -0.3 is 15.3 Å². The zero-order valence-corrected chi connectivity index (χ0v) is 10.6. The minimum atomic E-state index is -0.0843. The minimum Gasteiger partial charge on any atom is -0.507 e. The van der Waals surface area contributed by atoms with E-state index in [1.165, 1.54) is 0 Å². The second-order valence-corrected chi connectivity index (χ2v) is 4.06. The molecule has 1 aromatic carbocycles. The number of hydrogen-bond donors (Lipinski definition) is 2. The van der Waals surface area contributed by atoms with Gasteiger partial charge in [-0.15, -0.1) is 12.4 Å². The van der Waals surface area contributed by atoms with Gasteiger partial charge in [-0.2, -0.15) is 0 Å². The number of benzene rings is 1. The van der Waals surface area contributed by atoms with E-state index in [0.717, 1.165) is 18.7 Å². The highest BCUT2D eigenvalue weighted by Gasteiger charge is 2.20. The van der Waals surface area contributed by atoms with Gasteiger partial charge in [0.2, 0.25) is 0 Å². The number of nitrogens with zero attached hydrogens (tertiary/aromatic N) is 1. The molecule has 0 aromatic heterocycles. The van der Waals surface area contributed by atoms with Crippen molar-refractivity contribution in [1.82, 2.24) is 10.2 Å². The summed E-state index contributed by atoms with van der Waals surface area (Å²) in [4.78, 5) is 13.8. The van der Waals surface area contributed by atoms with E-state index in [0.29, 0.717) is 18.7 Å². The first kappa shape index (κ1) is 13.8. The number of carbonyl (C=O) groups excluding carboxylic acids is 1. The molecular formula is C12H17ClN2O2. The highest BCUT2D eigenvalue weighted by molar-refractivity contribution is 5.97. The largest absolute Gasteiger partial charge is 0.507 e. The third-order valence-electron chi connectivity index (χ3n) is 2.79. The number of aromatic hydroxyl groups is 1. The summed E-state index contributed by atoms with van der Waals surface area (Å²) in [7, 11) is 0. The molecule has 17 heavy (non-hydrogen) atoms. The summed E-state index contributed by atoms with van der Waals surface area (Å²) in [6.45, 7) is 4.92. The molecule has 2 rings (SSSR count). The summed E-state index contributed by atoms with van der Waals surface area (Å²) >= 11 is 0. The van der Waals surface area contributed by atoms with E-state index >= 15 is 0 Å². The van der Waals surface area contributed by atoms with Crippen molar-refractivity contribution in [2.24, 2.45) is 0 Å². The second-order valence-electron chi connectivity index (χ2n) is 4.06. The molecule has 0 bridgehead atoms. The lowest BCUT2D eigenvalue weighted by Gasteiger charge is -2.27. The highest BCUT2D eigenvalue weighted by atomic mass is 35.5. The molecule has 0 radical (unpaired) electrons. The lowest BCUT2D eigenvalue weighted by atomic mass is 10.1. The summed E-state index contributed by atoms with van der Waals surface area (Å²) in [5.41, 5.74) is 1.35. The van der Waals surface area contributed by atoms with E-state index in [-0.39, 0.29) is 24.1 Å². The Kier molecular flexibility index (Phi) is 4.78. The van der Waals surface area contributed by atoms with Crippen LogP contribution in [0.1, 0.15) is 15.9 Å². The normalized spacial score (nSPS) is 15.2. The number of nitrogens with one attached hydrogen (secondary N) is 1. The zero-order chi connectivity index (χ0) is 11.5. The van der Waals surface area contributed by atoms with Gasteiger partial charge in [-0.25, -0.2) is 0 Å². The summed E-state index contributed by atoms with van der Waals surface area (Å²) in [6, 6.07) is 5.15. The van der Waals surface area contributed by atoms with Crippen LogP contribution in [0.3, 0.4) is 0 Å². The molecular weight excluding hydrogens is 240 g/mol. The first-order valence-corrected chi connectivity index (χ1v) is 5.48. The van der Waals surface area contributed by atoms with Crippen LogP contribution in [0.4, 0.5) is 0 Å². The Labute approximate surface area is 107 Å². The first-order chi connectivity index (χ1) is 7.68. The van der Waals surface area contributed by atoms with Crippen LogP contribution < -0.4 is 5.32 Å². The molecule has 0 aliphatic carbocycles. The van der Waals surface area contributed by atoms with E-state index in [1.807, 2.05) is 13.0 Å². The Morgan fingerprint density at radius 1 is 1.35 bits per heavy atom. The molecule has 1 fully saturated rings. The van der Waals surface area contributed by atoms with Gasteiger partial charge in [0.25, 0.3) is 5.91 Å². The molecule has 1 aliphatic heterocycles. The molecule has 1 aromatic rings. The average molecular weight is 257 g/mol. The third-order valence-corrected chi connectivity index (χ3v) is 2.79. The van der Waals surface area contributed by atoms with Crippen LogP contribution >= 0.6 is 12.4 Å². The van der Waals surface area contributed by atoms with Crippen molar-refractivity contribution < 1.29 is 9.90 Å². The Balaban J connectivity index is 0.00000144. The van der Waals surface area contributed by atoms with Crippen LogP contribution in [0.5, 0.6) is 5.75 Å². The van der Waals surface area contributed by atoms with E-state index in [4.69, 9.17) is 0 Å². The molecule has 4 nitrogen and oxygen atoms in total. The summed E-state index contributed by atoms with van der Waals surface area (Å²) in [5, 5.41) is 12.9. The van der Waals surface area contributed by atoms with E-state index in [2.05, 4.69) is 5.32 Å². The average Bonchev–Trinajstić information content (AvgIpc) is 2.29. The fraction of sp³-hybridized carbons (Fsp3) is 0.417. The fourth-order valence-corrected chi connectivity index (χ4v) is 1.86. The number of halogens is 1. The van der Waals surface area contributed by atoms with Crippen molar-refractivity contribution in [3.63, 3.8) is 0 Å². The number of aryl methyl sites for hydroxylation is 1. The van der Waals surface area contributed by atoms with Crippen molar-refractivity contribution in [2.75, 3.05) is 26.2 Å². The molecule has 1 amide bonds. The van der Waals surface area contributed by atoms with Gasteiger partial charge in [0.1, 0.15) is 5.75 Å². The van der Waals surface area contributed by atoms with E-state index < -0.39 is 0 Å². The highest BCUT2D eigenvalue weighted by Crippen LogP contribution is 2.20. The van der Waals surface area contributed by atoms with Crippen LogP contribution in [0.15, 0.2) is 18.2 Å². The maximum atomic E-state index is 12.1. The van der Waals surface area contributed by atoms with Crippen molar-refractivity contribution >= 4 is 18.3 Å². The van der Waals surface area contributed by atoms with Crippen LogP contribution in [-0.4, -0.2) is 42.1 Å². The molecule has 1 saturated heterocycles. The summed E-state index contributed by atoms with van der Waals surface area (Å²) in [5.74, 6) is -0.0115. The molecule has 5 heteroatoms. The minimum absolute atomic E-state index is 0. The number of phenolic OH excluding ortho intramolecular Hbond substituents is 1. The zero-order valence-electron chi connectivity index (χ0n) is 9.77. The summed E-state index contributed by atoms with van der Waals surface area (Å²) < 4.78 is 0. The summed E-state index contributed by atoms with van der Waals surface area (Å²) in [6.07, 6.45) is 0. The van der Waals surface area contributed by atoms with Crippen LogP contribution in [0, 0.1) is 6.92 Å². The molecule has 2 N–H and O–H groups in total. The van der Waals surface area contributed by atoms with Crippen molar-refractivity contribution in [3.05, 3.63) is 29.3 Å². The monoisotopic (exact) mass is 256 g/mol. The van der Waals surface area contributed by atoms with Crippen LogP contribution in [-0.2, 0) is 0 Å². The van der Waals surface area contributed by atoms with E-state index in [1.54, 1.807) is 17.0 Å². The molecule has 0 atom stereocenters. The SMILES string of the molecule is Cc1ccc(C(=O)N2CCNCC2)c(O)c1.Cl. The maximum Gasteiger partial charge on any atom is 0.257 e. The first-order valence-electron chi connectivity index (χ1n) is 5.48.